The Hall–Kier alpha value is -1.10. The molecule has 3 nitrogen and oxygen atoms in total. The standard InChI is InChI=1S/C14H16ClN3S/c1-9-8-10(2)18-14(17-9)19-13-11(6-7-16)4-3-5-12(13)15/h3-5,8H,6-7,16H2,1-2H3. The van der Waals surface area contributed by atoms with Gasteiger partial charge in [0.1, 0.15) is 0 Å². The fourth-order valence-corrected chi connectivity index (χ4v) is 3.19. The first kappa shape index (κ1) is 14.3. The Morgan fingerprint density at radius 3 is 2.53 bits per heavy atom. The molecule has 0 aliphatic heterocycles. The zero-order valence-corrected chi connectivity index (χ0v) is 12.6. The van der Waals surface area contributed by atoms with Crippen molar-refractivity contribution >= 4 is 23.4 Å². The number of nitrogens with two attached hydrogens (primary N) is 1. The van der Waals surface area contributed by atoms with Crippen LogP contribution in [0.4, 0.5) is 0 Å². The Morgan fingerprint density at radius 2 is 1.89 bits per heavy atom. The Bertz CT molecular complexity index is 567. The van der Waals surface area contributed by atoms with Gasteiger partial charge in [-0.2, -0.15) is 0 Å². The predicted molar refractivity (Wildman–Crippen MR) is 79.8 cm³/mol. The van der Waals surface area contributed by atoms with E-state index >= 15 is 0 Å². The minimum absolute atomic E-state index is 0.599. The van der Waals surface area contributed by atoms with Gasteiger partial charge in [0, 0.05) is 16.3 Å². The van der Waals surface area contributed by atoms with Crippen molar-refractivity contribution in [3.63, 3.8) is 0 Å². The zero-order chi connectivity index (χ0) is 13.8. The van der Waals surface area contributed by atoms with Crippen molar-refractivity contribution in [3.05, 3.63) is 46.2 Å². The Balaban J connectivity index is 2.36. The summed E-state index contributed by atoms with van der Waals surface area (Å²) in [6.45, 7) is 4.53. The van der Waals surface area contributed by atoms with Crippen LogP contribution in [-0.2, 0) is 6.42 Å². The minimum Gasteiger partial charge on any atom is -0.330 e. The van der Waals surface area contributed by atoms with Crippen molar-refractivity contribution in [2.24, 2.45) is 5.73 Å². The second-order valence-corrected chi connectivity index (χ2v) is 5.69. The average Bonchev–Trinajstić information content (AvgIpc) is 2.32. The van der Waals surface area contributed by atoms with Gasteiger partial charge >= 0.3 is 0 Å². The molecule has 2 rings (SSSR count). The highest BCUT2D eigenvalue weighted by molar-refractivity contribution is 7.99. The van der Waals surface area contributed by atoms with E-state index in [1.54, 1.807) is 0 Å². The molecule has 1 heterocycles. The summed E-state index contributed by atoms with van der Waals surface area (Å²) in [5.41, 5.74) is 8.70. The van der Waals surface area contributed by atoms with Crippen LogP contribution in [0.2, 0.25) is 5.02 Å². The van der Waals surface area contributed by atoms with E-state index in [0.717, 1.165) is 38.4 Å². The molecule has 0 unspecified atom stereocenters. The molecule has 2 N–H and O–H groups in total. The van der Waals surface area contributed by atoms with E-state index in [-0.39, 0.29) is 0 Å². The molecular formula is C14H16ClN3S. The molecule has 0 bridgehead atoms. The molecule has 19 heavy (non-hydrogen) atoms. The smallest absolute Gasteiger partial charge is 0.192 e. The van der Waals surface area contributed by atoms with E-state index in [4.69, 9.17) is 17.3 Å². The third-order valence-corrected chi connectivity index (χ3v) is 4.10. The van der Waals surface area contributed by atoms with Gasteiger partial charge in [0.2, 0.25) is 0 Å². The number of hydrogen-bond donors (Lipinski definition) is 1. The minimum atomic E-state index is 0.599. The molecule has 2 aromatic rings. The third kappa shape index (κ3) is 3.69. The van der Waals surface area contributed by atoms with E-state index in [1.807, 2.05) is 38.1 Å². The van der Waals surface area contributed by atoms with Crippen LogP contribution in [0.5, 0.6) is 0 Å². The highest BCUT2D eigenvalue weighted by Crippen LogP contribution is 2.34. The lowest BCUT2D eigenvalue weighted by Crippen LogP contribution is -2.04. The fraction of sp³-hybridized carbons (Fsp3) is 0.286. The number of benzene rings is 1. The Kier molecular flexibility index (Phi) is 4.80. The lowest BCUT2D eigenvalue weighted by Gasteiger charge is -2.10. The first-order valence-electron chi connectivity index (χ1n) is 6.07. The highest BCUT2D eigenvalue weighted by atomic mass is 35.5. The summed E-state index contributed by atoms with van der Waals surface area (Å²) in [7, 11) is 0. The lowest BCUT2D eigenvalue weighted by molar-refractivity contribution is 0.897. The summed E-state index contributed by atoms with van der Waals surface area (Å²) in [6.07, 6.45) is 0.799. The molecule has 0 aliphatic rings. The van der Waals surface area contributed by atoms with E-state index < -0.39 is 0 Å². The van der Waals surface area contributed by atoms with Crippen LogP contribution in [0.25, 0.3) is 0 Å². The second-order valence-electron chi connectivity index (χ2n) is 4.30. The number of rotatable bonds is 4. The Morgan fingerprint density at radius 1 is 1.21 bits per heavy atom. The summed E-state index contributed by atoms with van der Waals surface area (Å²) in [4.78, 5) is 9.87. The van der Waals surface area contributed by atoms with Gasteiger partial charge in [0.05, 0.1) is 5.02 Å². The van der Waals surface area contributed by atoms with Crippen molar-refractivity contribution in [3.8, 4) is 0 Å². The zero-order valence-electron chi connectivity index (χ0n) is 11.0. The first-order chi connectivity index (χ1) is 9.10. The summed E-state index contributed by atoms with van der Waals surface area (Å²) in [6, 6.07) is 7.83. The third-order valence-electron chi connectivity index (χ3n) is 2.62. The van der Waals surface area contributed by atoms with Gasteiger partial charge < -0.3 is 5.73 Å². The number of nitrogens with zero attached hydrogens (tertiary/aromatic N) is 2. The van der Waals surface area contributed by atoms with Crippen LogP contribution in [0, 0.1) is 13.8 Å². The van der Waals surface area contributed by atoms with Crippen LogP contribution in [-0.4, -0.2) is 16.5 Å². The molecule has 0 fully saturated rings. The van der Waals surface area contributed by atoms with Crippen LogP contribution < -0.4 is 5.73 Å². The molecule has 0 radical (unpaired) electrons. The van der Waals surface area contributed by atoms with E-state index in [2.05, 4.69) is 9.97 Å². The van der Waals surface area contributed by atoms with Crippen molar-refractivity contribution in [2.75, 3.05) is 6.54 Å². The normalized spacial score (nSPS) is 10.7. The Labute approximate surface area is 122 Å². The molecule has 0 aliphatic carbocycles. The average molecular weight is 294 g/mol. The number of hydrogen-bond acceptors (Lipinski definition) is 4. The van der Waals surface area contributed by atoms with Crippen LogP contribution >= 0.6 is 23.4 Å². The summed E-state index contributed by atoms with van der Waals surface area (Å²) < 4.78 is 0. The monoisotopic (exact) mass is 293 g/mol. The van der Waals surface area contributed by atoms with Crippen molar-refractivity contribution < 1.29 is 0 Å². The maximum absolute atomic E-state index is 6.28. The summed E-state index contributed by atoms with van der Waals surface area (Å²) in [5, 5.41) is 1.45. The van der Waals surface area contributed by atoms with E-state index in [9.17, 15) is 0 Å². The van der Waals surface area contributed by atoms with Crippen LogP contribution in [0.15, 0.2) is 34.3 Å². The predicted octanol–water partition coefficient (Wildman–Crippen LogP) is 3.40. The lowest BCUT2D eigenvalue weighted by atomic mass is 10.1. The van der Waals surface area contributed by atoms with Gasteiger partial charge in [-0.3, -0.25) is 0 Å². The molecule has 0 spiro atoms. The number of aryl methyl sites for hydroxylation is 2. The van der Waals surface area contributed by atoms with Gasteiger partial charge in [-0.1, -0.05) is 23.7 Å². The molecule has 0 saturated carbocycles. The molecule has 0 atom stereocenters. The van der Waals surface area contributed by atoms with Crippen molar-refractivity contribution in [1.82, 2.24) is 9.97 Å². The summed E-state index contributed by atoms with van der Waals surface area (Å²) in [5.74, 6) is 0. The van der Waals surface area contributed by atoms with Crippen molar-refractivity contribution in [1.29, 1.82) is 0 Å². The van der Waals surface area contributed by atoms with Gasteiger partial charge in [-0.25, -0.2) is 9.97 Å². The van der Waals surface area contributed by atoms with Gasteiger partial charge in [-0.05, 0) is 56.3 Å². The van der Waals surface area contributed by atoms with Gasteiger partial charge in [0.15, 0.2) is 5.16 Å². The van der Waals surface area contributed by atoms with Crippen LogP contribution in [0.3, 0.4) is 0 Å². The SMILES string of the molecule is Cc1cc(C)nc(Sc2c(Cl)cccc2CCN)n1. The molecule has 1 aromatic heterocycles. The largest absolute Gasteiger partial charge is 0.330 e. The molecule has 0 amide bonds. The van der Waals surface area contributed by atoms with Crippen LogP contribution in [0.1, 0.15) is 17.0 Å². The topological polar surface area (TPSA) is 51.8 Å². The van der Waals surface area contributed by atoms with Gasteiger partial charge in [0.25, 0.3) is 0 Å². The van der Waals surface area contributed by atoms with Crippen molar-refractivity contribution in [2.45, 2.75) is 30.3 Å². The first-order valence-corrected chi connectivity index (χ1v) is 7.27. The maximum Gasteiger partial charge on any atom is 0.192 e. The van der Waals surface area contributed by atoms with Gasteiger partial charge in [-0.15, -0.1) is 0 Å². The molecule has 5 heteroatoms. The molecule has 0 saturated heterocycles. The summed E-state index contributed by atoms with van der Waals surface area (Å²) >= 11 is 7.78. The second kappa shape index (κ2) is 6.37. The highest BCUT2D eigenvalue weighted by Gasteiger charge is 2.11. The number of halogens is 1. The molecule has 1 aromatic carbocycles. The quantitative estimate of drug-likeness (QED) is 0.878. The van der Waals surface area contributed by atoms with E-state index in [0.29, 0.717) is 6.54 Å². The molecule has 100 valence electrons. The van der Waals surface area contributed by atoms with E-state index in [1.165, 1.54) is 11.8 Å². The maximum atomic E-state index is 6.28. The molecular weight excluding hydrogens is 278 g/mol. The number of aromatic nitrogens is 2. The fourth-order valence-electron chi connectivity index (χ4n) is 1.85.